The van der Waals surface area contributed by atoms with Crippen molar-refractivity contribution in [1.82, 2.24) is 10.2 Å². The van der Waals surface area contributed by atoms with Gasteiger partial charge >= 0.3 is 6.09 Å². The summed E-state index contributed by atoms with van der Waals surface area (Å²) in [5, 5.41) is 2.16. The Morgan fingerprint density at radius 3 is 2.52 bits per heavy atom. The second kappa shape index (κ2) is 8.99. The van der Waals surface area contributed by atoms with Crippen LogP contribution in [0.25, 0.3) is 0 Å². The maximum atomic E-state index is 11.9. The average molecular weight is 324 g/mol. The van der Waals surface area contributed by atoms with E-state index >= 15 is 0 Å². The first kappa shape index (κ1) is 18.8. The smallest absolute Gasteiger partial charge is 0.413 e. The second-order valence-electron chi connectivity index (χ2n) is 4.99. The SMILES string of the molecule is CCOc1ccc(CN(C)[C@H](C)C(=O)NC(=O)OC)cc1OC. The van der Waals surface area contributed by atoms with Crippen molar-refractivity contribution in [2.24, 2.45) is 0 Å². The zero-order chi connectivity index (χ0) is 17.4. The van der Waals surface area contributed by atoms with Gasteiger partial charge in [0.2, 0.25) is 5.91 Å². The lowest BCUT2D eigenvalue weighted by Crippen LogP contribution is -2.45. The van der Waals surface area contributed by atoms with Crippen LogP contribution < -0.4 is 14.8 Å². The van der Waals surface area contributed by atoms with Crippen LogP contribution in [0.2, 0.25) is 0 Å². The van der Waals surface area contributed by atoms with Gasteiger partial charge in [0.25, 0.3) is 0 Å². The summed E-state index contributed by atoms with van der Waals surface area (Å²) in [5.74, 6) is 0.902. The van der Waals surface area contributed by atoms with Gasteiger partial charge in [0, 0.05) is 6.54 Å². The summed E-state index contributed by atoms with van der Waals surface area (Å²) in [4.78, 5) is 24.8. The first-order valence-corrected chi connectivity index (χ1v) is 7.31. The van der Waals surface area contributed by atoms with E-state index in [1.807, 2.05) is 30.0 Å². The molecule has 0 spiro atoms. The summed E-state index contributed by atoms with van der Waals surface area (Å²) >= 11 is 0. The fourth-order valence-corrected chi connectivity index (χ4v) is 1.97. The molecule has 0 unspecified atom stereocenters. The van der Waals surface area contributed by atoms with Gasteiger partial charge in [-0.15, -0.1) is 0 Å². The Labute approximate surface area is 136 Å². The summed E-state index contributed by atoms with van der Waals surface area (Å²) in [7, 11) is 4.59. The maximum absolute atomic E-state index is 11.9. The van der Waals surface area contributed by atoms with Gasteiger partial charge in [-0.1, -0.05) is 6.07 Å². The van der Waals surface area contributed by atoms with Crippen molar-refractivity contribution in [3.05, 3.63) is 23.8 Å². The fourth-order valence-electron chi connectivity index (χ4n) is 1.97. The highest BCUT2D eigenvalue weighted by atomic mass is 16.5. The van der Waals surface area contributed by atoms with E-state index in [4.69, 9.17) is 9.47 Å². The van der Waals surface area contributed by atoms with Crippen molar-refractivity contribution in [1.29, 1.82) is 0 Å². The Morgan fingerprint density at radius 1 is 1.26 bits per heavy atom. The largest absolute Gasteiger partial charge is 0.493 e. The van der Waals surface area contributed by atoms with E-state index in [1.165, 1.54) is 7.11 Å². The lowest BCUT2D eigenvalue weighted by atomic mass is 10.1. The second-order valence-corrected chi connectivity index (χ2v) is 4.99. The molecule has 7 nitrogen and oxygen atoms in total. The van der Waals surface area contributed by atoms with Gasteiger partial charge < -0.3 is 14.2 Å². The number of hydrogen-bond donors (Lipinski definition) is 1. The molecule has 128 valence electrons. The monoisotopic (exact) mass is 324 g/mol. The Bertz CT molecular complexity index is 547. The lowest BCUT2D eigenvalue weighted by molar-refractivity contribution is -0.124. The van der Waals surface area contributed by atoms with Crippen LogP contribution in [0.3, 0.4) is 0 Å². The number of amides is 2. The van der Waals surface area contributed by atoms with Crippen LogP contribution in [-0.2, 0) is 16.1 Å². The van der Waals surface area contributed by atoms with Crippen LogP contribution in [0.1, 0.15) is 19.4 Å². The van der Waals surface area contributed by atoms with Gasteiger partial charge in [-0.2, -0.15) is 0 Å². The van der Waals surface area contributed by atoms with Crippen molar-refractivity contribution in [2.45, 2.75) is 26.4 Å². The van der Waals surface area contributed by atoms with Crippen molar-refractivity contribution < 1.29 is 23.8 Å². The first-order valence-electron chi connectivity index (χ1n) is 7.31. The number of nitrogens with zero attached hydrogens (tertiary/aromatic N) is 1. The highest BCUT2D eigenvalue weighted by molar-refractivity contribution is 5.94. The maximum Gasteiger partial charge on any atom is 0.413 e. The third kappa shape index (κ3) is 5.45. The molecule has 0 aliphatic carbocycles. The van der Waals surface area contributed by atoms with E-state index in [1.54, 1.807) is 21.1 Å². The molecule has 0 bridgehead atoms. The Hall–Kier alpha value is -2.28. The van der Waals surface area contributed by atoms with Gasteiger partial charge in [0.15, 0.2) is 11.5 Å². The van der Waals surface area contributed by atoms with Gasteiger partial charge in [-0.25, -0.2) is 4.79 Å². The highest BCUT2D eigenvalue weighted by Gasteiger charge is 2.20. The van der Waals surface area contributed by atoms with Gasteiger partial charge in [0.05, 0.1) is 26.9 Å². The molecule has 0 saturated heterocycles. The number of ether oxygens (including phenoxy) is 3. The molecule has 1 atom stereocenters. The molecule has 0 aliphatic heterocycles. The molecule has 0 saturated carbocycles. The minimum atomic E-state index is -0.766. The molecule has 1 N–H and O–H groups in total. The minimum Gasteiger partial charge on any atom is -0.493 e. The zero-order valence-corrected chi connectivity index (χ0v) is 14.2. The van der Waals surface area contributed by atoms with Gasteiger partial charge in [-0.05, 0) is 38.6 Å². The zero-order valence-electron chi connectivity index (χ0n) is 14.2. The minimum absolute atomic E-state index is 0.419. The summed E-state index contributed by atoms with van der Waals surface area (Å²) in [5.41, 5.74) is 0.963. The van der Waals surface area contributed by atoms with E-state index in [2.05, 4.69) is 10.1 Å². The van der Waals surface area contributed by atoms with Crippen LogP contribution in [0.5, 0.6) is 11.5 Å². The number of rotatable bonds is 7. The number of likely N-dealkylation sites (N-methyl/N-ethyl adjacent to an activating group) is 1. The summed E-state index contributed by atoms with van der Waals surface area (Å²) < 4.78 is 15.2. The molecule has 1 aromatic carbocycles. The molecule has 1 aromatic rings. The average Bonchev–Trinajstić information content (AvgIpc) is 2.55. The number of hydrogen-bond acceptors (Lipinski definition) is 6. The molecule has 0 heterocycles. The van der Waals surface area contributed by atoms with Gasteiger partial charge in [-0.3, -0.25) is 15.0 Å². The molecule has 0 aliphatic rings. The molecular weight excluding hydrogens is 300 g/mol. The lowest BCUT2D eigenvalue weighted by Gasteiger charge is -2.23. The van der Waals surface area contributed by atoms with E-state index in [0.717, 1.165) is 5.56 Å². The third-order valence-corrected chi connectivity index (χ3v) is 3.41. The molecule has 7 heteroatoms. The van der Waals surface area contributed by atoms with Crippen molar-refractivity contribution in [2.75, 3.05) is 27.9 Å². The van der Waals surface area contributed by atoms with Crippen molar-refractivity contribution >= 4 is 12.0 Å². The van der Waals surface area contributed by atoms with Crippen molar-refractivity contribution in [3.8, 4) is 11.5 Å². The number of benzene rings is 1. The van der Waals surface area contributed by atoms with Crippen molar-refractivity contribution in [3.63, 3.8) is 0 Å². The van der Waals surface area contributed by atoms with E-state index in [-0.39, 0.29) is 0 Å². The molecule has 0 fully saturated rings. The number of carbonyl (C=O) groups excluding carboxylic acids is 2. The predicted molar refractivity (Wildman–Crippen MR) is 85.6 cm³/mol. The quantitative estimate of drug-likeness (QED) is 0.824. The third-order valence-electron chi connectivity index (χ3n) is 3.41. The first-order chi connectivity index (χ1) is 10.9. The molecule has 0 aromatic heterocycles. The Morgan fingerprint density at radius 2 is 1.96 bits per heavy atom. The van der Waals surface area contributed by atoms with Gasteiger partial charge in [0.1, 0.15) is 0 Å². The van der Waals surface area contributed by atoms with Crippen LogP contribution >= 0.6 is 0 Å². The number of methoxy groups -OCH3 is 2. The Kier molecular flexibility index (Phi) is 7.34. The van der Waals surface area contributed by atoms with Crippen LogP contribution in [0.15, 0.2) is 18.2 Å². The predicted octanol–water partition coefficient (Wildman–Crippen LogP) is 1.80. The summed E-state index contributed by atoms with van der Waals surface area (Å²) in [6, 6.07) is 5.12. The molecule has 2 amide bonds. The van der Waals surface area contributed by atoms with E-state index in [9.17, 15) is 9.59 Å². The molecule has 0 radical (unpaired) electrons. The summed E-state index contributed by atoms with van der Waals surface area (Å²) in [6.07, 6.45) is -0.766. The highest BCUT2D eigenvalue weighted by Crippen LogP contribution is 2.28. The number of imide groups is 1. The standard InChI is InChI=1S/C16H24N2O5/c1-6-23-13-8-7-12(9-14(13)21-4)10-18(3)11(2)15(19)17-16(20)22-5/h7-9,11H,6,10H2,1-5H3,(H,17,19,20)/t11-/m1/s1. The number of nitrogens with one attached hydrogen (secondary N) is 1. The Balaban J connectivity index is 2.74. The normalized spacial score (nSPS) is 11.7. The fraction of sp³-hybridized carbons (Fsp3) is 0.500. The van der Waals surface area contributed by atoms with E-state index in [0.29, 0.717) is 24.7 Å². The molecule has 23 heavy (non-hydrogen) atoms. The summed E-state index contributed by atoms with van der Waals surface area (Å²) in [6.45, 7) is 4.69. The molecule has 1 rings (SSSR count). The number of carbonyl (C=O) groups is 2. The van der Waals surface area contributed by atoms with Crippen LogP contribution in [0, 0.1) is 0 Å². The van der Waals surface area contributed by atoms with Crippen LogP contribution in [-0.4, -0.2) is 50.8 Å². The number of alkyl carbamates (subject to hydrolysis) is 1. The van der Waals surface area contributed by atoms with E-state index < -0.39 is 18.0 Å². The molecular formula is C16H24N2O5. The topological polar surface area (TPSA) is 77.1 Å². The van der Waals surface area contributed by atoms with Crippen LogP contribution in [0.4, 0.5) is 4.79 Å².